The summed E-state index contributed by atoms with van der Waals surface area (Å²) in [7, 11) is -2.91. The molecule has 1 aliphatic carbocycles. The minimum atomic E-state index is -2.91. The second kappa shape index (κ2) is 15.8. The Kier molecular flexibility index (Phi) is 11.1. The Hall–Kier alpha value is -4.27. The van der Waals surface area contributed by atoms with Gasteiger partial charge in [-0.15, -0.1) is 0 Å². The van der Waals surface area contributed by atoms with E-state index in [1.807, 2.05) is 48.5 Å². The van der Waals surface area contributed by atoms with Gasteiger partial charge in [-0.1, -0.05) is 136 Å². The van der Waals surface area contributed by atoms with Crippen LogP contribution in [-0.4, -0.2) is 44.6 Å². The average Bonchev–Trinajstić information content (AvgIpc) is 3.70. The van der Waals surface area contributed by atoms with E-state index < -0.39 is 20.2 Å². The number of halogens is 1. The Morgan fingerprint density at radius 3 is 2.11 bits per heavy atom. The molecule has 3 aliphatic rings. The highest BCUT2D eigenvalue weighted by Gasteiger charge is 2.58. The summed E-state index contributed by atoms with van der Waals surface area (Å²) < 4.78 is 14.2. The maximum atomic E-state index is 14.3. The molecule has 2 saturated heterocycles. The van der Waals surface area contributed by atoms with Gasteiger partial charge in [-0.25, -0.2) is 0 Å². The number of fused-ring (bicyclic) bond motifs is 3. The van der Waals surface area contributed by atoms with E-state index in [1.54, 1.807) is 12.1 Å². The van der Waals surface area contributed by atoms with Crippen LogP contribution in [0.5, 0.6) is 5.75 Å². The van der Waals surface area contributed by atoms with E-state index in [0.29, 0.717) is 30.3 Å². The van der Waals surface area contributed by atoms with E-state index in [2.05, 4.69) is 82.3 Å². The lowest BCUT2D eigenvalue weighted by molar-refractivity contribution is -0.122. The number of carbonyl (C=O) groups excluding carboxylic acids is 2. The van der Waals surface area contributed by atoms with Crippen molar-refractivity contribution in [3.05, 3.63) is 137 Å². The van der Waals surface area contributed by atoms with Crippen LogP contribution >= 0.6 is 11.6 Å². The lowest BCUT2D eigenvalue weighted by atomic mass is 9.69. The molecule has 2 fully saturated rings. The molecular formula is C46H50ClNO5Si. The van der Waals surface area contributed by atoms with Gasteiger partial charge in [0.15, 0.2) is 0 Å². The molecule has 4 aromatic carbocycles. The molecule has 4 atom stereocenters. The highest BCUT2D eigenvalue weighted by Crippen LogP contribution is 2.51. The number of aromatic hydroxyl groups is 1. The minimum absolute atomic E-state index is 0.136. The van der Waals surface area contributed by atoms with Gasteiger partial charge in [-0.2, -0.15) is 0 Å². The maximum absolute atomic E-state index is 14.3. The number of hydrogen-bond donors (Lipinski definition) is 1. The smallest absolute Gasteiger partial charge is 0.261 e. The van der Waals surface area contributed by atoms with Crippen molar-refractivity contribution in [2.75, 3.05) is 18.1 Å². The Morgan fingerprint density at radius 1 is 0.889 bits per heavy atom. The number of rotatable bonds is 12. The number of imide groups is 1. The van der Waals surface area contributed by atoms with Gasteiger partial charge < -0.3 is 14.3 Å². The number of hydrogen-bond acceptors (Lipinski definition) is 5. The van der Waals surface area contributed by atoms with Gasteiger partial charge in [0.05, 0.1) is 41.9 Å². The first-order valence-electron chi connectivity index (χ1n) is 19.2. The summed E-state index contributed by atoms with van der Waals surface area (Å²) in [6.07, 6.45) is 5.78. The van der Waals surface area contributed by atoms with Crippen molar-refractivity contribution < 1.29 is 23.9 Å². The molecule has 280 valence electrons. The summed E-state index contributed by atoms with van der Waals surface area (Å²) in [6, 6.07) is 35.6. The Labute approximate surface area is 325 Å². The number of allylic oxidation sites excluding steroid dienone is 1. The molecule has 8 heteroatoms. The summed E-state index contributed by atoms with van der Waals surface area (Å²) in [6.45, 7) is 9.74. The van der Waals surface area contributed by atoms with Crippen LogP contribution in [0.15, 0.2) is 126 Å². The molecule has 0 radical (unpaired) electrons. The van der Waals surface area contributed by atoms with Crippen LogP contribution < -0.4 is 15.3 Å². The second-order valence-electron chi connectivity index (χ2n) is 15.9. The largest absolute Gasteiger partial charge is 0.508 e. The van der Waals surface area contributed by atoms with Crippen LogP contribution in [0.2, 0.25) is 10.1 Å². The number of carbonyl (C=O) groups is 2. The van der Waals surface area contributed by atoms with Crippen molar-refractivity contribution in [1.82, 2.24) is 0 Å². The van der Waals surface area contributed by atoms with Crippen LogP contribution in [0.25, 0.3) is 6.08 Å². The third-order valence-electron chi connectivity index (χ3n) is 11.5. The van der Waals surface area contributed by atoms with Crippen LogP contribution in [-0.2, 0) is 18.8 Å². The fraction of sp³-hybridized carbons (Fsp3) is 0.348. The maximum Gasteiger partial charge on any atom is 0.261 e. The first kappa shape index (κ1) is 38.0. The highest BCUT2D eigenvalue weighted by atomic mass is 35.5. The van der Waals surface area contributed by atoms with E-state index in [4.69, 9.17) is 20.8 Å². The molecule has 4 aromatic rings. The van der Waals surface area contributed by atoms with Crippen LogP contribution in [0.4, 0.5) is 5.69 Å². The van der Waals surface area contributed by atoms with Gasteiger partial charge in [-0.3, -0.25) is 14.5 Å². The summed E-state index contributed by atoms with van der Waals surface area (Å²) >= 11 is 6.53. The van der Waals surface area contributed by atoms with Crippen LogP contribution in [0.1, 0.15) is 65.4 Å². The SMILES string of the molecule is CCC/C(=C\c1ccc(O)cc1Cl)CC[C@H]1OC[C@H]2C1=C(CO[Si](c1ccccc1)(c1ccccc1)C(C)(C)C)C[C@H]1C(=O)N(c3ccccc3)C(=O)[C@H]12. The molecule has 2 heterocycles. The van der Waals surface area contributed by atoms with E-state index >= 15 is 0 Å². The molecule has 0 bridgehead atoms. The molecule has 0 saturated carbocycles. The topological polar surface area (TPSA) is 76.1 Å². The standard InChI is InChI=1S/C46H50ClNO5Si/c1-5-15-31(26-32-23-24-35(49)28-40(32)47)22-25-41-42-33(27-38-43(39(42)30-52-41)45(51)48(44(38)50)34-16-9-6-10-17-34)29-53-54(46(2,3)4,36-18-11-7-12-19-36)37-20-13-8-14-21-37/h6-14,16-21,23-24,26,28,38-39,41,43,49H,5,15,22,25,27,29-30H2,1-4H3/b31-26+/t38-,39+,41-,43-/m1/s1. The average molecular weight is 760 g/mol. The zero-order valence-corrected chi connectivity index (χ0v) is 33.4. The molecule has 1 N–H and O–H groups in total. The zero-order chi connectivity index (χ0) is 38.0. The molecule has 2 amide bonds. The number of phenols is 1. The van der Waals surface area contributed by atoms with Gasteiger partial charge in [0.2, 0.25) is 11.8 Å². The molecule has 54 heavy (non-hydrogen) atoms. The molecule has 0 spiro atoms. The Balaban J connectivity index is 1.28. The van der Waals surface area contributed by atoms with Gasteiger partial charge in [0.1, 0.15) is 5.75 Å². The number of anilines is 1. The van der Waals surface area contributed by atoms with Crippen molar-refractivity contribution in [3.63, 3.8) is 0 Å². The fourth-order valence-corrected chi connectivity index (χ4v) is 13.9. The molecule has 2 aliphatic heterocycles. The van der Waals surface area contributed by atoms with Gasteiger partial charge in [0.25, 0.3) is 8.32 Å². The van der Waals surface area contributed by atoms with E-state index in [0.717, 1.165) is 42.4 Å². The fourth-order valence-electron chi connectivity index (χ4n) is 9.15. The molecule has 0 aromatic heterocycles. The van der Waals surface area contributed by atoms with Crippen molar-refractivity contribution in [2.24, 2.45) is 17.8 Å². The third kappa shape index (κ3) is 7.15. The number of ether oxygens (including phenoxy) is 1. The highest BCUT2D eigenvalue weighted by molar-refractivity contribution is 6.99. The van der Waals surface area contributed by atoms with Crippen molar-refractivity contribution >= 4 is 53.9 Å². The number of benzene rings is 4. The first-order valence-corrected chi connectivity index (χ1v) is 21.5. The third-order valence-corrected chi connectivity index (χ3v) is 16.9. The normalized spacial score (nSPS) is 21.8. The van der Waals surface area contributed by atoms with E-state index in [-0.39, 0.29) is 34.6 Å². The number of nitrogens with zero attached hydrogens (tertiary/aromatic N) is 1. The summed E-state index contributed by atoms with van der Waals surface area (Å²) in [5, 5.41) is 12.6. The summed E-state index contributed by atoms with van der Waals surface area (Å²) in [5.74, 6) is -1.29. The Morgan fingerprint density at radius 2 is 1.52 bits per heavy atom. The number of para-hydroxylation sites is 1. The lowest BCUT2D eigenvalue weighted by Crippen LogP contribution is -2.66. The van der Waals surface area contributed by atoms with Gasteiger partial charge in [-0.05, 0) is 88.1 Å². The summed E-state index contributed by atoms with van der Waals surface area (Å²) in [4.78, 5) is 30.0. The molecular weight excluding hydrogens is 710 g/mol. The predicted octanol–water partition coefficient (Wildman–Crippen LogP) is 9.11. The minimum Gasteiger partial charge on any atom is -0.508 e. The quantitative estimate of drug-likeness (QED) is 0.0887. The van der Waals surface area contributed by atoms with E-state index in [1.165, 1.54) is 20.8 Å². The number of amides is 2. The van der Waals surface area contributed by atoms with Crippen molar-refractivity contribution in [1.29, 1.82) is 0 Å². The monoisotopic (exact) mass is 759 g/mol. The van der Waals surface area contributed by atoms with Gasteiger partial charge in [0, 0.05) is 5.92 Å². The zero-order valence-electron chi connectivity index (χ0n) is 31.6. The van der Waals surface area contributed by atoms with Crippen molar-refractivity contribution in [3.8, 4) is 5.75 Å². The first-order chi connectivity index (χ1) is 26.0. The van der Waals surface area contributed by atoms with Crippen molar-refractivity contribution in [2.45, 2.75) is 70.9 Å². The van der Waals surface area contributed by atoms with Crippen LogP contribution in [0, 0.1) is 17.8 Å². The van der Waals surface area contributed by atoms with Crippen LogP contribution in [0.3, 0.4) is 0 Å². The predicted molar refractivity (Wildman–Crippen MR) is 220 cm³/mol. The molecule has 6 nitrogen and oxygen atoms in total. The number of phenolic OH excluding ortho intramolecular Hbond substituents is 1. The molecule has 0 unspecified atom stereocenters. The second-order valence-corrected chi connectivity index (χ2v) is 20.6. The van der Waals surface area contributed by atoms with E-state index in [9.17, 15) is 14.7 Å². The Bertz CT molecular complexity index is 2000. The lowest BCUT2D eigenvalue weighted by Gasteiger charge is -2.44. The summed E-state index contributed by atoms with van der Waals surface area (Å²) in [5.41, 5.74) is 4.97. The van der Waals surface area contributed by atoms with Gasteiger partial charge >= 0.3 is 0 Å². The molecule has 7 rings (SSSR count).